The van der Waals surface area contributed by atoms with Crippen LogP contribution in [-0.2, 0) is 6.42 Å². The molecule has 0 saturated heterocycles. The van der Waals surface area contributed by atoms with Gasteiger partial charge in [-0.15, -0.1) is 0 Å². The molecule has 1 aromatic carbocycles. The van der Waals surface area contributed by atoms with E-state index in [9.17, 15) is 4.39 Å². The molecule has 0 aliphatic carbocycles. The number of benzene rings is 1. The van der Waals surface area contributed by atoms with Gasteiger partial charge in [0.25, 0.3) is 0 Å². The second-order valence-corrected chi connectivity index (χ2v) is 6.18. The molecule has 0 aliphatic rings. The van der Waals surface area contributed by atoms with Crippen molar-refractivity contribution in [2.24, 2.45) is 0 Å². The van der Waals surface area contributed by atoms with E-state index in [2.05, 4.69) is 33.2 Å². The van der Waals surface area contributed by atoms with E-state index in [4.69, 9.17) is 11.6 Å². The van der Waals surface area contributed by atoms with Crippen LogP contribution in [0.15, 0.2) is 41.0 Å². The molecule has 0 amide bonds. The molecule has 1 N–H and O–H groups in total. The van der Waals surface area contributed by atoms with Crippen molar-refractivity contribution in [2.75, 3.05) is 6.54 Å². The van der Waals surface area contributed by atoms with E-state index in [-0.39, 0.29) is 16.9 Å². The third-order valence-corrected chi connectivity index (χ3v) is 3.96. The summed E-state index contributed by atoms with van der Waals surface area (Å²) in [5.74, 6) is -0.388. The Morgan fingerprint density at radius 2 is 2.14 bits per heavy atom. The van der Waals surface area contributed by atoms with Crippen LogP contribution in [0.3, 0.4) is 0 Å². The normalized spacial score (nSPS) is 12.4. The monoisotopic (exact) mass is 370 g/mol. The lowest BCUT2D eigenvalue weighted by molar-refractivity contribution is 0.519. The van der Waals surface area contributed by atoms with Crippen molar-refractivity contribution in [2.45, 2.75) is 25.8 Å². The first-order valence-electron chi connectivity index (χ1n) is 6.89. The van der Waals surface area contributed by atoms with Crippen LogP contribution in [0.4, 0.5) is 4.39 Å². The van der Waals surface area contributed by atoms with E-state index in [1.807, 2.05) is 18.2 Å². The number of pyridine rings is 1. The van der Waals surface area contributed by atoms with E-state index >= 15 is 0 Å². The molecule has 1 heterocycles. The second kappa shape index (κ2) is 7.87. The van der Waals surface area contributed by atoms with E-state index in [0.717, 1.165) is 28.7 Å². The number of nitrogens with one attached hydrogen (secondary N) is 1. The van der Waals surface area contributed by atoms with Gasteiger partial charge in [0, 0.05) is 28.8 Å². The van der Waals surface area contributed by atoms with Gasteiger partial charge in [-0.2, -0.15) is 0 Å². The molecule has 5 heteroatoms. The quantitative estimate of drug-likeness (QED) is 0.779. The summed E-state index contributed by atoms with van der Waals surface area (Å²) in [4.78, 5) is 4.38. The Balaban J connectivity index is 2.20. The summed E-state index contributed by atoms with van der Waals surface area (Å²) in [5.41, 5.74) is 1.84. The molecule has 21 heavy (non-hydrogen) atoms. The van der Waals surface area contributed by atoms with E-state index in [1.165, 1.54) is 6.07 Å². The molecule has 112 valence electrons. The van der Waals surface area contributed by atoms with Crippen molar-refractivity contribution >= 4 is 27.5 Å². The first-order valence-corrected chi connectivity index (χ1v) is 8.06. The van der Waals surface area contributed by atoms with Gasteiger partial charge in [-0.25, -0.2) is 4.39 Å². The van der Waals surface area contributed by atoms with Gasteiger partial charge in [0.05, 0.1) is 5.02 Å². The third kappa shape index (κ3) is 4.77. The van der Waals surface area contributed by atoms with Gasteiger partial charge in [0.1, 0.15) is 5.82 Å². The number of hydrogen-bond donors (Lipinski definition) is 1. The maximum Gasteiger partial charge on any atom is 0.142 e. The Labute approximate surface area is 137 Å². The van der Waals surface area contributed by atoms with Crippen molar-refractivity contribution in [3.63, 3.8) is 0 Å². The Morgan fingerprint density at radius 3 is 2.76 bits per heavy atom. The Morgan fingerprint density at radius 1 is 1.33 bits per heavy atom. The highest BCUT2D eigenvalue weighted by atomic mass is 79.9. The summed E-state index contributed by atoms with van der Waals surface area (Å²) in [6, 6.07) is 8.90. The molecule has 1 unspecified atom stereocenters. The fourth-order valence-corrected chi connectivity index (χ4v) is 2.44. The lowest BCUT2D eigenvalue weighted by Gasteiger charge is -2.19. The predicted octanol–water partition coefficient (Wildman–Crippen LogP) is 4.92. The zero-order valence-electron chi connectivity index (χ0n) is 11.7. The first-order chi connectivity index (χ1) is 10.1. The molecule has 0 spiro atoms. The molecule has 1 atom stereocenters. The number of nitrogens with zero attached hydrogens (tertiary/aromatic N) is 1. The molecule has 0 saturated carbocycles. The molecular formula is C16H17BrClFN2. The molecule has 2 rings (SSSR count). The van der Waals surface area contributed by atoms with Crippen molar-refractivity contribution in [1.82, 2.24) is 10.3 Å². The predicted molar refractivity (Wildman–Crippen MR) is 88.1 cm³/mol. The zero-order valence-corrected chi connectivity index (χ0v) is 14.1. The SMILES string of the molecule is CCCNC(Cc1ccc(Br)cn1)c1ccc(Cl)c(F)c1. The Bertz CT molecular complexity index is 589. The van der Waals surface area contributed by atoms with Gasteiger partial charge in [0.2, 0.25) is 0 Å². The van der Waals surface area contributed by atoms with Crippen LogP contribution in [0.5, 0.6) is 0 Å². The molecular weight excluding hydrogens is 355 g/mol. The minimum absolute atomic E-state index is 0.0189. The van der Waals surface area contributed by atoms with Crippen LogP contribution in [0.25, 0.3) is 0 Å². The van der Waals surface area contributed by atoms with Gasteiger partial charge < -0.3 is 5.32 Å². The topological polar surface area (TPSA) is 24.9 Å². The molecule has 0 radical (unpaired) electrons. The van der Waals surface area contributed by atoms with Gasteiger partial charge in [0.15, 0.2) is 0 Å². The summed E-state index contributed by atoms with van der Waals surface area (Å²) in [7, 11) is 0. The first kappa shape index (κ1) is 16.4. The smallest absolute Gasteiger partial charge is 0.142 e. The average molecular weight is 372 g/mol. The number of hydrogen-bond acceptors (Lipinski definition) is 2. The van der Waals surface area contributed by atoms with Crippen LogP contribution in [0, 0.1) is 5.82 Å². The summed E-state index contributed by atoms with van der Waals surface area (Å²) in [5, 5.41) is 3.58. The van der Waals surface area contributed by atoms with Crippen LogP contribution in [-0.4, -0.2) is 11.5 Å². The summed E-state index contributed by atoms with van der Waals surface area (Å²) >= 11 is 9.13. The minimum atomic E-state index is -0.388. The van der Waals surface area contributed by atoms with Crippen LogP contribution >= 0.6 is 27.5 Å². The van der Waals surface area contributed by atoms with Gasteiger partial charge in [-0.05, 0) is 58.7 Å². The summed E-state index contributed by atoms with van der Waals surface area (Å²) in [6.45, 7) is 2.97. The van der Waals surface area contributed by atoms with E-state index in [1.54, 1.807) is 12.3 Å². The molecule has 0 fully saturated rings. The minimum Gasteiger partial charge on any atom is -0.310 e. The number of halogens is 3. The number of rotatable bonds is 6. The van der Waals surface area contributed by atoms with E-state index < -0.39 is 0 Å². The van der Waals surface area contributed by atoms with Gasteiger partial charge >= 0.3 is 0 Å². The molecule has 2 nitrogen and oxygen atoms in total. The molecule has 0 bridgehead atoms. The second-order valence-electron chi connectivity index (χ2n) is 4.85. The van der Waals surface area contributed by atoms with Crippen molar-refractivity contribution in [3.05, 3.63) is 63.1 Å². The largest absolute Gasteiger partial charge is 0.310 e. The summed E-state index contributed by atoms with van der Waals surface area (Å²) < 4.78 is 14.6. The Kier molecular flexibility index (Phi) is 6.15. The zero-order chi connectivity index (χ0) is 15.2. The van der Waals surface area contributed by atoms with Crippen molar-refractivity contribution in [1.29, 1.82) is 0 Å². The average Bonchev–Trinajstić information content (AvgIpc) is 2.48. The fraction of sp³-hybridized carbons (Fsp3) is 0.312. The van der Waals surface area contributed by atoms with Crippen molar-refractivity contribution < 1.29 is 4.39 Å². The van der Waals surface area contributed by atoms with Crippen LogP contribution in [0.2, 0.25) is 5.02 Å². The molecule has 1 aromatic heterocycles. The lowest BCUT2D eigenvalue weighted by Crippen LogP contribution is -2.24. The highest BCUT2D eigenvalue weighted by Crippen LogP contribution is 2.23. The molecule has 0 aliphatic heterocycles. The third-order valence-electron chi connectivity index (χ3n) is 3.19. The maximum atomic E-state index is 13.7. The van der Waals surface area contributed by atoms with Crippen LogP contribution < -0.4 is 5.32 Å². The van der Waals surface area contributed by atoms with E-state index in [0.29, 0.717) is 6.42 Å². The summed E-state index contributed by atoms with van der Waals surface area (Å²) in [6.07, 6.45) is 3.49. The highest BCUT2D eigenvalue weighted by molar-refractivity contribution is 9.10. The van der Waals surface area contributed by atoms with Crippen LogP contribution in [0.1, 0.15) is 30.6 Å². The van der Waals surface area contributed by atoms with Gasteiger partial charge in [-0.1, -0.05) is 24.6 Å². The number of aromatic nitrogens is 1. The fourth-order valence-electron chi connectivity index (χ4n) is 2.09. The molecule has 2 aromatic rings. The Hall–Kier alpha value is -0.970. The maximum absolute atomic E-state index is 13.7. The van der Waals surface area contributed by atoms with Gasteiger partial charge in [-0.3, -0.25) is 4.98 Å². The standard InChI is InChI=1S/C16H17BrClFN2/c1-2-7-20-16(9-13-5-4-12(17)10-21-13)11-3-6-14(18)15(19)8-11/h3-6,8,10,16,20H,2,7,9H2,1H3. The van der Waals surface area contributed by atoms with Crippen molar-refractivity contribution in [3.8, 4) is 0 Å². The lowest BCUT2D eigenvalue weighted by atomic mass is 10.0. The highest BCUT2D eigenvalue weighted by Gasteiger charge is 2.14.